The monoisotopic (exact) mass is 173 g/mol. The van der Waals surface area contributed by atoms with Crippen molar-refractivity contribution in [2.24, 2.45) is 5.41 Å². The molecule has 0 amide bonds. The first-order valence-electron chi connectivity index (χ1n) is 4.05. The maximum Gasteiger partial charge on any atom is 0.311 e. The highest BCUT2D eigenvalue weighted by molar-refractivity contribution is 5.75. The average Bonchev–Trinajstić information content (AvgIpc) is 1.96. The van der Waals surface area contributed by atoms with E-state index in [1.807, 2.05) is 20.8 Å². The van der Waals surface area contributed by atoms with E-state index in [-0.39, 0.29) is 5.97 Å². The van der Waals surface area contributed by atoms with Crippen LogP contribution < -0.4 is 0 Å². The van der Waals surface area contributed by atoms with E-state index in [0.29, 0.717) is 13.2 Å². The molecule has 0 saturated carbocycles. The molecule has 12 heavy (non-hydrogen) atoms. The molecule has 0 aromatic carbocycles. The summed E-state index contributed by atoms with van der Waals surface area (Å²) in [6.07, 6.45) is 0. The van der Waals surface area contributed by atoms with E-state index in [9.17, 15) is 4.79 Å². The quantitative estimate of drug-likeness (QED) is 0.480. The predicted molar refractivity (Wildman–Crippen MR) is 46.3 cm³/mol. The highest BCUT2D eigenvalue weighted by atomic mass is 16.6. The topological polar surface area (TPSA) is 35.5 Å². The van der Waals surface area contributed by atoms with Gasteiger partial charge in [-0.2, -0.15) is 0 Å². The summed E-state index contributed by atoms with van der Waals surface area (Å²) in [5.41, 5.74) is -0.421. The van der Waals surface area contributed by atoms with Gasteiger partial charge in [0.05, 0.1) is 18.6 Å². The van der Waals surface area contributed by atoms with E-state index in [1.54, 1.807) is 13.5 Å². The van der Waals surface area contributed by atoms with Gasteiger partial charge in [-0.15, -0.1) is 0 Å². The largest absolute Gasteiger partial charge is 0.463 e. The molecule has 0 N–H and O–H groups in total. The Kier molecular flexibility index (Phi) is 4.90. The summed E-state index contributed by atoms with van der Waals surface area (Å²) in [5, 5.41) is 0. The van der Waals surface area contributed by atoms with Gasteiger partial charge in [-0.3, -0.25) is 4.79 Å². The van der Waals surface area contributed by atoms with Gasteiger partial charge in [0.1, 0.15) is 6.61 Å². The number of hydrogen-bond donors (Lipinski definition) is 0. The first kappa shape index (κ1) is 11.4. The third kappa shape index (κ3) is 5.13. The highest BCUT2D eigenvalue weighted by Crippen LogP contribution is 2.14. The lowest BCUT2D eigenvalue weighted by Gasteiger charge is -2.16. The summed E-state index contributed by atoms with van der Waals surface area (Å²) in [6, 6.07) is 0. The van der Waals surface area contributed by atoms with Crippen molar-refractivity contribution in [2.45, 2.75) is 27.7 Å². The van der Waals surface area contributed by atoms with E-state index in [4.69, 9.17) is 9.47 Å². The minimum absolute atomic E-state index is 0.192. The van der Waals surface area contributed by atoms with Gasteiger partial charge in [0, 0.05) is 0 Å². The van der Waals surface area contributed by atoms with Crippen LogP contribution >= 0.6 is 0 Å². The maximum atomic E-state index is 11.1. The summed E-state index contributed by atoms with van der Waals surface area (Å²) >= 11 is 0. The molecule has 3 nitrogen and oxygen atoms in total. The SMILES string of the molecule is C[CH]OCCOC(=O)C(C)(C)C. The van der Waals surface area contributed by atoms with Gasteiger partial charge in [0.15, 0.2) is 0 Å². The molecule has 0 aromatic rings. The fourth-order valence-corrected chi connectivity index (χ4v) is 0.517. The van der Waals surface area contributed by atoms with Gasteiger partial charge in [0.25, 0.3) is 0 Å². The molecule has 0 rings (SSSR count). The molecule has 0 fully saturated rings. The number of rotatable bonds is 4. The molecule has 0 unspecified atom stereocenters. The Hall–Kier alpha value is -0.570. The standard InChI is InChI=1S/C9H17O3/c1-5-11-6-7-12-8(10)9(2,3)4/h5H,6-7H2,1-4H3. The molecule has 0 aromatic heterocycles. The zero-order valence-corrected chi connectivity index (χ0v) is 8.22. The van der Waals surface area contributed by atoms with Crippen LogP contribution in [0.3, 0.4) is 0 Å². The van der Waals surface area contributed by atoms with E-state index in [2.05, 4.69) is 0 Å². The van der Waals surface area contributed by atoms with E-state index >= 15 is 0 Å². The molecular weight excluding hydrogens is 156 g/mol. The molecule has 3 heteroatoms. The molecule has 0 spiro atoms. The Labute approximate surface area is 74.0 Å². The van der Waals surface area contributed by atoms with Crippen LogP contribution in [0, 0.1) is 12.0 Å². The van der Waals surface area contributed by atoms with Crippen molar-refractivity contribution in [3.8, 4) is 0 Å². The molecule has 1 radical (unpaired) electrons. The summed E-state index contributed by atoms with van der Waals surface area (Å²) in [4.78, 5) is 11.1. The van der Waals surface area contributed by atoms with Crippen LogP contribution in [-0.2, 0) is 14.3 Å². The third-order valence-electron chi connectivity index (χ3n) is 1.21. The summed E-state index contributed by atoms with van der Waals surface area (Å²) in [7, 11) is 0. The molecule has 0 aliphatic rings. The van der Waals surface area contributed by atoms with Crippen LogP contribution in [0.25, 0.3) is 0 Å². The summed E-state index contributed by atoms with van der Waals surface area (Å²) in [6.45, 7) is 9.57. The lowest BCUT2D eigenvalue weighted by molar-refractivity contribution is -0.154. The summed E-state index contributed by atoms with van der Waals surface area (Å²) in [5.74, 6) is -0.192. The molecule has 71 valence electrons. The Morgan fingerprint density at radius 1 is 1.33 bits per heavy atom. The van der Waals surface area contributed by atoms with Gasteiger partial charge >= 0.3 is 5.97 Å². The van der Waals surface area contributed by atoms with Crippen molar-refractivity contribution in [3.05, 3.63) is 6.61 Å². The maximum absolute atomic E-state index is 11.1. The van der Waals surface area contributed by atoms with E-state index < -0.39 is 5.41 Å². The fraction of sp³-hybridized carbons (Fsp3) is 0.778. The number of hydrogen-bond acceptors (Lipinski definition) is 3. The van der Waals surface area contributed by atoms with Crippen LogP contribution in [0.2, 0.25) is 0 Å². The fourth-order valence-electron chi connectivity index (χ4n) is 0.517. The van der Waals surface area contributed by atoms with Crippen molar-refractivity contribution in [1.29, 1.82) is 0 Å². The van der Waals surface area contributed by atoms with Crippen molar-refractivity contribution in [3.63, 3.8) is 0 Å². The molecule has 0 bridgehead atoms. The van der Waals surface area contributed by atoms with Crippen molar-refractivity contribution >= 4 is 5.97 Å². The van der Waals surface area contributed by atoms with Gasteiger partial charge in [0.2, 0.25) is 0 Å². The smallest absolute Gasteiger partial charge is 0.311 e. The van der Waals surface area contributed by atoms with Crippen LogP contribution in [0.5, 0.6) is 0 Å². The zero-order valence-electron chi connectivity index (χ0n) is 8.22. The first-order valence-corrected chi connectivity index (χ1v) is 4.05. The van der Waals surface area contributed by atoms with Crippen molar-refractivity contribution in [1.82, 2.24) is 0 Å². The van der Waals surface area contributed by atoms with E-state index in [0.717, 1.165) is 0 Å². The van der Waals surface area contributed by atoms with Crippen LogP contribution in [0.15, 0.2) is 0 Å². The molecule has 0 atom stereocenters. The second kappa shape index (κ2) is 5.14. The Morgan fingerprint density at radius 2 is 1.92 bits per heavy atom. The van der Waals surface area contributed by atoms with Gasteiger partial charge in [-0.25, -0.2) is 0 Å². The van der Waals surface area contributed by atoms with Gasteiger partial charge in [-0.05, 0) is 27.7 Å². The molecule has 0 aliphatic heterocycles. The van der Waals surface area contributed by atoms with Crippen LogP contribution in [0.4, 0.5) is 0 Å². The minimum atomic E-state index is -0.421. The van der Waals surface area contributed by atoms with E-state index in [1.165, 1.54) is 0 Å². The third-order valence-corrected chi connectivity index (χ3v) is 1.21. The second-order valence-electron chi connectivity index (χ2n) is 3.49. The van der Waals surface area contributed by atoms with Gasteiger partial charge < -0.3 is 9.47 Å². The second-order valence-corrected chi connectivity index (χ2v) is 3.49. The minimum Gasteiger partial charge on any atom is -0.463 e. The van der Waals surface area contributed by atoms with Gasteiger partial charge in [-0.1, -0.05) is 0 Å². The van der Waals surface area contributed by atoms with Crippen molar-refractivity contribution < 1.29 is 14.3 Å². The lowest BCUT2D eigenvalue weighted by atomic mass is 9.97. The number of esters is 1. The molecule has 0 saturated heterocycles. The Bertz CT molecular complexity index is 135. The average molecular weight is 173 g/mol. The normalized spacial score (nSPS) is 11.3. The molecule has 0 heterocycles. The molecule has 0 aliphatic carbocycles. The Balaban J connectivity index is 3.45. The highest BCUT2D eigenvalue weighted by Gasteiger charge is 2.22. The van der Waals surface area contributed by atoms with Crippen LogP contribution in [0.1, 0.15) is 27.7 Å². The predicted octanol–water partition coefficient (Wildman–Crippen LogP) is 1.77. The summed E-state index contributed by atoms with van der Waals surface area (Å²) < 4.78 is 9.82. The molecular formula is C9H17O3. The number of ether oxygens (including phenoxy) is 2. The number of carbonyl (C=O) groups excluding carboxylic acids is 1. The van der Waals surface area contributed by atoms with Crippen molar-refractivity contribution in [2.75, 3.05) is 13.2 Å². The zero-order chi connectivity index (χ0) is 9.61. The Morgan fingerprint density at radius 3 is 2.33 bits per heavy atom. The number of carbonyl (C=O) groups is 1. The lowest BCUT2D eigenvalue weighted by Crippen LogP contribution is -2.24. The first-order chi connectivity index (χ1) is 5.48. The van der Waals surface area contributed by atoms with Crippen LogP contribution in [-0.4, -0.2) is 19.2 Å².